The van der Waals surface area contributed by atoms with Gasteiger partial charge in [-0.3, -0.25) is 14.5 Å². The van der Waals surface area contributed by atoms with E-state index in [4.69, 9.17) is 4.42 Å². The Morgan fingerprint density at radius 3 is 2.43 bits per heavy atom. The maximum Gasteiger partial charge on any atom is 0.289 e. The first-order valence-corrected chi connectivity index (χ1v) is 11.2. The second kappa shape index (κ2) is 9.41. The summed E-state index contributed by atoms with van der Waals surface area (Å²) in [6.07, 6.45) is 0.835. The van der Waals surface area contributed by atoms with Gasteiger partial charge in [-0.25, -0.2) is 13.1 Å². The SMILES string of the molecule is CCc1ccccc1NC(=O)CN1CCN(C(=O)c2ccc(S(=O)(=O)NC)o2)CC1. The Labute approximate surface area is 176 Å². The van der Waals surface area contributed by atoms with E-state index in [0.29, 0.717) is 26.2 Å². The van der Waals surface area contributed by atoms with Crippen LogP contribution >= 0.6 is 0 Å². The third kappa shape index (κ3) is 5.07. The molecule has 2 amide bonds. The molecule has 1 saturated heterocycles. The molecule has 0 unspecified atom stereocenters. The van der Waals surface area contributed by atoms with E-state index in [1.165, 1.54) is 19.2 Å². The van der Waals surface area contributed by atoms with Gasteiger partial charge in [0.05, 0.1) is 6.54 Å². The molecule has 0 radical (unpaired) electrons. The molecule has 2 heterocycles. The van der Waals surface area contributed by atoms with E-state index in [9.17, 15) is 18.0 Å². The van der Waals surface area contributed by atoms with Crippen molar-refractivity contribution in [2.24, 2.45) is 0 Å². The van der Waals surface area contributed by atoms with E-state index in [-0.39, 0.29) is 29.2 Å². The minimum Gasteiger partial charge on any atom is -0.438 e. The molecule has 3 rings (SSSR count). The zero-order valence-corrected chi connectivity index (χ0v) is 17.9. The van der Waals surface area contributed by atoms with Crippen LogP contribution in [0.2, 0.25) is 0 Å². The largest absolute Gasteiger partial charge is 0.438 e. The van der Waals surface area contributed by atoms with Crippen molar-refractivity contribution in [2.45, 2.75) is 18.4 Å². The third-order valence-electron chi connectivity index (χ3n) is 5.02. The summed E-state index contributed by atoms with van der Waals surface area (Å²) in [7, 11) is -2.46. The number of nitrogens with zero attached hydrogens (tertiary/aromatic N) is 2. The van der Waals surface area contributed by atoms with Gasteiger partial charge in [0.15, 0.2) is 5.76 Å². The number of carbonyl (C=O) groups excluding carboxylic acids is 2. The van der Waals surface area contributed by atoms with Crippen LogP contribution in [0, 0.1) is 0 Å². The van der Waals surface area contributed by atoms with Gasteiger partial charge in [-0.1, -0.05) is 25.1 Å². The molecule has 9 nitrogen and oxygen atoms in total. The number of sulfonamides is 1. The summed E-state index contributed by atoms with van der Waals surface area (Å²) in [5, 5.41) is 2.66. The van der Waals surface area contributed by atoms with Crippen molar-refractivity contribution in [3.63, 3.8) is 0 Å². The van der Waals surface area contributed by atoms with Crippen molar-refractivity contribution in [2.75, 3.05) is 45.1 Å². The van der Waals surface area contributed by atoms with Crippen LogP contribution in [0.3, 0.4) is 0 Å². The van der Waals surface area contributed by atoms with Crippen LogP contribution < -0.4 is 10.0 Å². The number of hydrogen-bond donors (Lipinski definition) is 2. The third-order valence-corrected chi connectivity index (χ3v) is 6.31. The fraction of sp³-hybridized carbons (Fsp3) is 0.400. The highest BCUT2D eigenvalue weighted by atomic mass is 32.2. The normalized spacial score (nSPS) is 15.2. The van der Waals surface area contributed by atoms with Gasteiger partial charge in [-0.05, 0) is 37.2 Å². The number of rotatable bonds is 7. The fourth-order valence-corrected chi connectivity index (χ4v) is 3.94. The standard InChI is InChI=1S/C20H26N4O5S/c1-3-15-6-4-5-7-16(15)22-18(25)14-23-10-12-24(13-11-23)20(26)17-8-9-19(29-17)30(27,28)21-2/h4-9,21H,3,10-14H2,1-2H3,(H,22,25). The van der Waals surface area contributed by atoms with Crippen molar-refractivity contribution >= 4 is 27.5 Å². The highest BCUT2D eigenvalue weighted by Crippen LogP contribution is 2.17. The van der Waals surface area contributed by atoms with Crippen LogP contribution in [0.4, 0.5) is 5.69 Å². The van der Waals surface area contributed by atoms with E-state index in [0.717, 1.165) is 17.7 Å². The quantitative estimate of drug-likeness (QED) is 0.676. The highest BCUT2D eigenvalue weighted by molar-refractivity contribution is 7.89. The maximum atomic E-state index is 12.6. The van der Waals surface area contributed by atoms with Crippen molar-refractivity contribution in [3.05, 3.63) is 47.7 Å². The maximum absolute atomic E-state index is 12.6. The summed E-state index contributed by atoms with van der Waals surface area (Å²) in [5.41, 5.74) is 1.91. The summed E-state index contributed by atoms with van der Waals surface area (Å²) in [6, 6.07) is 10.3. The first-order chi connectivity index (χ1) is 14.3. The van der Waals surface area contributed by atoms with Crippen molar-refractivity contribution in [1.29, 1.82) is 0 Å². The number of anilines is 1. The van der Waals surface area contributed by atoms with E-state index >= 15 is 0 Å². The molecule has 1 aromatic heterocycles. The van der Waals surface area contributed by atoms with Gasteiger partial charge in [0.1, 0.15) is 0 Å². The molecular formula is C20H26N4O5S. The zero-order chi connectivity index (χ0) is 21.7. The Morgan fingerprint density at radius 2 is 1.77 bits per heavy atom. The minimum absolute atomic E-state index is 0.0220. The molecule has 0 atom stereocenters. The minimum atomic E-state index is -3.73. The van der Waals surface area contributed by atoms with Crippen LogP contribution in [-0.2, 0) is 21.2 Å². The summed E-state index contributed by atoms with van der Waals surface area (Å²) >= 11 is 0. The molecule has 1 aliphatic heterocycles. The molecule has 0 aliphatic carbocycles. The predicted molar refractivity (Wildman–Crippen MR) is 112 cm³/mol. The summed E-state index contributed by atoms with van der Waals surface area (Å²) < 4.78 is 30.9. The average molecular weight is 435 g/mol. The zero-order valence-electron chi connectivity index (χ0n) is 17.1. The van der Waals surface area contributed by atoms with E-state index < -0.39 is 10.0 Å². The lowest BCUT2D eigenvalue weighted by Crippen LogP contribution is -2.50. The molecular weight excluding hydrogens is 408 g/mol. The van der Waals surface area contributed by atoms with Crippen LogP contribution in [0.25, 0.3) is 0 Å². The lowest BCUT2D eigenvalue weighted by Gasteiger charge is -2.33. The molecule has 2 aromatic rings. The van der Waals surface area contributed by atoms with Crippen LogP contribution in [0.15, 0.2) is 45.9 Å². The van der Waals surface area contributed by atoms with Gasteiger partial charge in [-0.2, -0.15) is 0 Å². The number of carbonyl (C=O) groups is 2. The van der Waals surface area contributed by atoms with Gasteiger partial charge >= 0.3 is 0 Å². The molecule has 1 aromatic carbocycles. The summed E-state index contributed by atoms with van der Waals surface area (Å²) in [4.78, 5) is 28.6. The van der Waals surface area contributed by atoms with E-state index in [1.807, 2.05) is 36.1 Å². The number of para-hydroxylation sites is 1. The van der Waals surface area contributed by atoms with Crippen LogP contribution in [0.1, 0.15) is 23.0 Å². The van der Waals surface area contributed by atoms with Crippen molar-refractivity contribution in [3.8, 4) is 0 Å². The predicted octanol–water partition coefficient (Wildman–Crippen LogP) is 1.15. The molecule has 2 N–H and O–H groups in total. The van der Waals surface area contributed by atoms with Gasteiger partial charge in [0.25, 0.3) is 15.9 Å². The molecule has 1 fully saturated rings. The average Bonchev–Trinajstić information content (AvgIpc) is 3.25. The molecule has 30 heavy (non-hydrogen) atoms. The smallest absolute Gasteiger partial charge is 0.289 e. The first-order valence-electron chi connectivity index (χ1n) is 9.77. The molecule has 162 valence electrons. The Bertz CT molecular complexity index is 1010. The van der Waals surface area contributed by atoms with Crippen molar-refractivity contribution in [1.82, 2.24) is 14.5 Å². The number of nitrogens with one attached hydrogen (secondary N) is 2. The van der Waals surface area contributed by atoms with Gasteiger partial charge in [0, 0.05) is 31.9 Å². The van der Waals surface area contributed by atoms with Crippen LogP contribution in [0.5, 0.6) is 0 Å². The molecule has 10 heteroatoms. The summed E-state index contributed by atoms with van der Waals surface area (Å²) in [6.45, 7) is 4.20. The fourth-order valence-electron chi connectivity index (χ4n) is 3.29. The molecule has 0 saturated carbocycles. The summed E-state index contributed by atoms with van der Waals surface area (Å²) in [5.74, 6) is -0.483. The van der Waals surface area contributed by atoms with Crippen LogP contribution in [-0.4, -0.2) is 69.8 Å². The van der Waals surface area contributed by atoms with Gasteiger partial charge in [-0.15, -0.1) is 0 Å². The number of benzene rings is 1. The van der Waals surface area contributed by atoms with Gasteiger partial charge < -0.3 is 14.6 Å². The second-order valence-corrected chi connectivity index (χ2v) is 8.77. The lowest BCUT2D eigenvalue weighted by atomic mass is 10.1. The molecule has 0 bridgehead atoms. The second-order valence-electron chi connectivity index (χ2n) is 6.95. The Kier molecular flexibility index (Phi) is 6.91. The number of hydrogen-bond acceptors (Lipinski definition) is 6. The number of furan rings is 1. The number of amides is 2. The molecule has 0 spiro atoms. The Balaban J connectivity index is 1.52. The van der Waals surface area contributed by atoms with Gasteiger partial charge in [0.2, 0.25) is 11.0 Å². The topological polar surface area (TPSA) is 112 Å². The monoisotopic (exact) mass is 434 g/mol. The first kappa shape index (κ1) is 22.0. The number of piperazine rings is 1. The highest BCUT2D eigenvalue weighted by Gasteiger charge is 2.27. The van der Waals surface area contributed by atoms with Crippen molar-refractivity contribution < 1.29 is 22.4 Å². The Morgan fingerprint density at radius 1 is 1.07 bits per heavy atom. The lowest BCUT2D eigenvalue weighted by molar-refractivity contribution is -0.117. The van der Waals surface area contributed by atoms with E-state index in [1.54, 1.807) is 4.90 Å². The number of aryl methyl sites for hydroxylation is 1. The molecule has 1 aliphatic rings. The Hall–Kier alpha value is -2.69. The van der Waals surface area contributed by atoms with E-state index in [2.05, 4.69) is 10.0 Å².